The van der Waals surface area contributed by atoms with Gasteiger partial charge in [0, 0.05) is 29.9 Å². The van der Waals surface area contributed by atoms with Crippen LogP contribution in [0.5, 0.6) is 0 Å². The zero-order valence-electron chi connectivity index (χ0n) is 18.1. The predicted molar refractivity (Wildman–Crippen MR) is 120 cm³/mol. The van der Waals surface area contributed by atoms with Gasteiger partial charge in [-0.25, -0.2) is 14.4 Å². The van der Waals surface area contributed by atoms with Gasteiger partial charge in [0.05, 0.1) is 17.6 Å². The number of amides is 3. The zero-order valence-corrected chi connectivity index (χ0v) is 18.9. The number of benzene rings is 1. The first-order valence-corrected chi connectivity index (χ1v) is 11.5. The Bertz CT molecular complexity index is 1060. The highest BCUT2D eigenvalue weighted by atomic mass is 32.2. The van der Waals surface area contributed by atoms with Crippen molar-refractivity contribution in [2.75, 3.05) is 18.4 Å². The SMILES string of the molecule is CC1C=C(C(=O)O)N2C(=O)C([C@@H](C)O)[C@@]12S[C@H]1CCN(C(=O)Nc2cccc(C(=O)O)c2)C1. The van der Waals surface area contributed by atoms with Gasteiger partial charge in [-0.15, -0.1) is 11.8 Å². The number of aliphatic hydroxyl groups is 1. The second-order valence-corrected chi connectivity index (χ2v) is 10.1. The van der Waals surface area contributed by atoms with Gasteiger partial charge < -0.3 is 25.5 Å². The van der Waals surface area contributed by atoms with Crippen LogP contribution in [0.2, 0.25) is 0 Å². The number of fused-ring (bicyclic) bond motifs is 1. The third-order valence-electron chi connectivity index (χ3n) is 6.43. The summed E-state index contributed by atoms with van der Waals surface area (Å²) < 4.78 is 0. The van der Waals surface area contributed by atoms with Gasteiger partial charge in [0.2, 0.25) is 5.91 Å². The van der Waals surface area contributed by atoms with E-state index in [0.717, 1.165) is 0 Å². The first-order chi connectivity index (χ1) is 15.6. The molecule has 2 fully saturated rings. The molecule has 0 aromatic heterocycles. The van der Waals surface area contributed by atoms with E-state index in [-0.39, 0.29) is 28.5 Å². The van der Waals surface area contributed by atoms with E-state index >= 15 is 0 Å². The lowest BCUT2D eigenvalue weighted by atomic mass is 9.78. The maximum Gasteiger partial charge on any atom is 0.352 e. The Morgan fingerprint density at radius 2 is 1.97 bits per heavy atom. The van der Waals surface area contributed by atoms with E-state index in [0.29, 0.717) is 25.2 Å². The molecule has 0 bridgehead atoms. The number of likely N-dealkylation sites (tertiary alicyclic amines) is 1. The maximum atomic E-state index is 12.7. The molecule has 3 amide bonds. The average Bonchev–Trinajstić information content (AvgIpc) is 3.29. The molecule has 1 aromatic rings. The summed E-state index contributed by atoms with van der Waals surface area (Å²) >= 11 is 1.45. The van der Waals surface area contributed by atoms with Crippen LogP contribution in [-0.2, 0) is 9.59 Å². The summed E-state index contributed by atoms with van der Waals surface area (Å²) in [4.78, 5) is 50.3. The van der Waals surface area contributed by atoms with E-state index in [9.17, 15) is 29.4 Å². The minimum atomic E-state index is -1.18. The molecule has 2 unspecified atom stereocenters. The molecule has 4 rings (SSSR count). The first kappa shape index (κ1) is 23.1. The Morgan fingerprint density at radius 1 is 1.24 bits per heavy atom. The fourth-order valence-corrected chi connectivity index (χ4v) is 6.98. The molecule has 2 saturated heterocycles. The largest absolute Gasteiger partial charge is 0.478 e. The lowest BCUT2D eigenvalue weighted by Crippen LogP contribution is -2.72. The molecule has 3 aliphatic rings. The number of aliphatic hydroxyl groups excluding tert-OH is 1. The van der Waals surface area contributed by atoms with Crippen molar-refractivity contribution in [3.8, 4) is 0 Å². The number of β-lactam (4-membered cyclic amide) rings is 1. The van der Waals surface area contributed by atoms with Crippen LogP contribution in [0, 0.1) is 11.8 Å². The molecule has 10 nitrogen and oxygen atoms in total. The van der Waals surface area contributed by atoms with Crippen LogP contribution in [0.15, 0.2) is 36.0 Å². The minimum absolute atomic E-state index is 0.0668. The molecule has 176 valence electrons. The lowest BCUT2D eigenvalue weighted by Gasteiger charge is -2.57. The van der Waals surface area contributed by atoms with Crippen molar-refractivity contribution in [2.24, 2.45) is 11.8 Å². The molecule has 3 aliphatic heterocycles. The number of carbonyl (C=O) groups excluding carboxylic acids is 2. The second kappa shape index (κ2) is 8.38. The van der Waals surface area contributed by atoms with Gasteiger partial charge in [0.1, 0.15) is 10.6 Å². The Balaban J connectivity index is 1.46. The van der Waals surface area contributed by atoms with Crippen molar-refractivity contribution in [3.63, 3.8) is 0 Å². The van der Waals surface area contributed by atoms with E-state index in [1.54, 1.807) is 23.1 Å². The summed E-state index contributed by atoms with van der Waals surface area (Å²) in [7, 11) is 0. The van der Waals surface area contributed by atoms with E-state index < -0.39 is 34.7 Å². The summed E-state index contributed by atoms with van der Waals surface area (Å²) in [6.07, 6.45) is 1.26. The van der Waals surface area contributed by atoms with E-state index in [4.69, 9.17) is 5.11 Å². The van der Waals surface area contributed by atoms with Crippen LogP contribution < -0.4 is 5.32 Å². The van der Waals surface area contributed by atoms with E-state index in [1.807, 2.05) is 6.92 Å². The van der Waals surface area contributed by atoms with Gasteiger partial charge in [-0.05, 0) is 37.6 Å². The number of carboxylic acid groups (broad SMARTS) is 2. The van der Waals surface area contributed by atoms with Gasteiger partial charge in [0.25, 0.3) is 0 Å². The molecule has 0 spiro atoms. The summed E-state index contributed by atoms with van der Waals surface area (Å²) in [5.41, 5.74) is 0.375. The number of hydrogen-bond acceptors (Lipinski definition) is 6. The Hall–Kier alpha value is -3.05. The van der Waals surface area contributed by atoms with Crippen LogP contribution in [0.3, 0.4) is 0 Å². The van der Waals surface area contributed by atoms with Crippen LogP contribution in [0.25, 0.3) is 0 Å². The molecule has 33 heavy (non-hydrogen) atoms. The minimum Gasteiger partial charge on any atom is -0.478 e. The first-order valence-electron chi connectivity index (χ1n) is 10.6. The molecule has 11 heteroatoms. The van der Waals surface area contributed by atoms with Crippen LogP contribution >= 0.6 is 11.8 Å². The smallest absolute Gasteiger partial charge is 0.352 e. The van der Waals surface area contributed by atoms with Crippen molar-refractivity contribution < 1.29 is 34.5 Å². The van der Waals surface area contributed by atoms with E-state index in [2.05, 4.69) is 5.32 Å². The topological polar surface area (TPSA) is 147 Å². The van der Waals surface area contributed by atoms with E-state index in [1.165, 1.54) is 35.7 Å². The Morgan fingerprint density at radius 3 is 2.61 bits per heavy atom. The molecule has 0 radical (unpaired) electrons. The second-order valence-electron chi connectivity index (χ2n) is 8.58. The van der Waals surface area contributed by atoms with Crippen molar-refractivity contribution in [1.29, 1.82) is 0 Å². The third-order valence-corrected chi connectivity index (χ3v) is 8.34. The monoisotopic (exact) mass is 475 g/mol. The third kappa shape index (κ3) is 3.74. The van der Waals surface area contributed by atoms with Crippen LogP contribution in [-0.4, -0.2) is 78.3 Å². The maximum absolute atomic E-state index is 12.7. The van der Waals surface area contributed by atoms with Gasteiger partial charge >= 0.3 is 18.0 Å². The van der Waals surface area contributed by atoms with Gasteiger partial charge in [-0.1, -0.05) is 13.0 Å². The van der Waals surface area contributed by atoms with Crippen LogP contribution in [0.4, 0.5) is 10.5 Å². The molecule has 0 aliphatic carbocycles. The molecule has 1 aromatic carbocycles. The number of urea groups is 1. The fourth-order valence-electron chi connectivity index (χ4n) is 4.95. The molecule has 3 heterocycles. The quantitative estimate of drug-likeness (QED) is 0.456. The number of carbonyl (C=O) groups is 4. The standard InChI is InChI=1S/C22H25N3O7S/c1-11-8-16(20(30)31)25-18(27)17(12(2)26)22(11,25)33-15-6-7-24(10-15)21(32)23-14-5-3-4-13(9-14)19(28)29/h3-5,8-9,11-12,15,17,26H,6-7,10H2,1-2H3,(H,23,32)(H,28,29)(H,30,31)/t11?,12-,15+,17?,22+/m1/s1. The van der Waals surface area contributed by atoms with Crippen molar-refractivity contribution in [2.45, 2.75) is 36.5 Å². The van der Waals surface area contributed by atoms with Gasteiger partial charge in [0.15, 0.2) is 0 Å². The normalized spacial score (nSPS) is 29.2. The average molecular weight is 476 g/mol. The van der Waals surface area contributed by atoms with Gasteiger partial charge in [-0.2, -0.15) is 0 Å². The summed E-state index contributed by atoms with van der Waals surface area (Å²) in [6, 6.07) is 5.61. The Kier molecular flexibility index (Phi) is 5.87. The summed E-state index contributed by atoms with van der Waals surface area (Å²) in [5.74, 6) is -3.69. The zero-order chi connectivity index (χ0) is 24.1. The number of nitrogens with one attached hydrogen (secondary N) is 1. The van der Waals surface area contributed by atoms with Crippen molar-refractivity contribution in [3.05, 3.63) is 41.6 Å². The number of thioether (sulfide) groups is 1. The Labute approximate surface area is 194 Å². The lowest BCUT2D eigenvalue weighted by molar-refractivity contribution is -0.167. The number of anilines is 1. The molecule has 5 atom stereocenters. The highest BCUT2D eigenvalue weighted by Gasteiger charge is 2.69. The molecule has 4 N–H and O–H groups in total. The van der Waals surface area contributed by atoms with Gasteiger partial charge in [-0.3, -0.25) is 9.69 Å². The number of aliphatic carboxylic acids is 1. The van der Waals surface area contributed by atoms with Crippen molar-refractivity contribution >= 4 is 41.3 Å². The number of rotatable bonds is 6. The number of hydrogen-bond donors (Lipinski definition) is 4. The predicted octanol–water partition coefficient (Wildman–Crippen LogP) is 1.88. The summed E-state index contributed by atoms with van der Waals surface area (Å²) in [5, 5.41) is 31.6. The highest BCUT2D eigenvalue weighted by molar-refractivity contribution is 8.01. The summed E-state index contributed by atoms with van der Waals surface area (Å²) in [6.45, 7) is 4.21. The molecule has 0 saturated carbocycles. The molecular weight excluding hydrogens is 450 g/mol. The number of nitrogens with zero attached hydrogens (tertiary/aromatic N) is 2. The van der Waals surface area contributed by atoms with Crippen LogP contribution in [0.1, 0.15) is 30.6 Å². The number of carboxylic acids is 2. The highest BCUT2D eigenvalue weighted by Crippen LogP contribution is 2.60. The number of aromatic carboxylic acids is 1. The fraction of sp³-hybridized carbons (Fsp3) is 0.455. The van der Waals surface area contributed by atoms with Crippen molar-refractivity contribution in [1.82, 2.24) is 9.80 Å². The molecular formula is C22H25N3O7S.